The Hall–Kier alpha value is -1.79. The summed E-state index contributed by atoms with van der Waals surface area (Å²) in [6, 6.07) is 29.3. The summed E-state index contributed by atoms with van der Waals surface area (Å²) in [5, 5.41) is 0. The Morgan fingerprint density at radius 3 is 1.94 bits per heavy atom. The summed E-state index contributed by atoms with van der Waals surface area (Å²) in [6.45, 7) is 15.3. The van der Waals surface area contributed by atoms with Crippen LogP contribution in [0, 0.1) is 42.9 Å². The van der Waals surface area contributed by atoms with Gasteiger partial charge < -0.3 is 0 Å². The first-order valence-electron chi connectivity index (χ1n) is 18.4. The monoisotopic (exact) mass is 756 g/mol. The van der Waals surface area contributed by atoms with E-state index in [1.54, 1.807) is 21.0 Å². The molecule has 2 saturated carbocycles. The van der Waals surface area contributed by atoms with E-state index in [2.05, 4.69) is 133 Å². The summed E-state index contributed by atoms with van der Waals surface area (Å²) in [5.74, 6) is 3.40. The molecular formula is C45H56Cl2Zr. The van der Waals surface area contributed by atoms with Crippen LogP contribution < -0.4 is 6.54 Å². The number of hydrogen-bond donors (Lipinski definition) is 0. The molecule has 0 saturated heterocycles. The molecule has 0 N–H and O–H groups in total. The first-order chi connectivity index (χ1) is 22.0. The van der Waals surface area contributed by atoms with Crippen molar-refractivity contribution < 1.29 is 18.3 Å². The average Bonchev–Trinajstić information content (AvgIpc) is 3.74. The van der Waals surface area contributed by atoms with Gasteiger partial charge >= 0.3 is 281 Å². The summed E-state index contributed by atoms with van der Waals surface area (Å²) in [6.07, 6.45) is 16.4. The van der Waals surface area contributed by atoms with Gasteiger partial charge in [0, 0.05) is 0 Å². The van der Waals surface area contributed by atoms with E-state index in [0.717, 1.165) is 24.7 Å². The molecule has 0 spiro atoms. The Labute approximate surface area is 304 Å². The van der Waals surface area contributed by atoms with E-state index in [1.807, 2.05) is 11.1 Å². The van der Waals surface area contributed by atoms with Crippen molar-refractivity contribution in [3.05, 3.63) is 128 Å². The van der Waals surface area contributed by atoms with Crippen molar-refractivity contribution in [2.24, 2.45) is 29.1 Å². The predicted molar refractivity (Wildman–Crippen MR) is 210 cm³/mol. The second-order valence-corrected chi connectivity index (χ2v) is 31.0. The van der Waals surface area contributed by atoms with Crippen molar-refractivity contribution in [3.8, 4) is 0 Å². The van der Waals surface area contributed by atoms with Crippen LogP contribution >= 0.6 is 24.8 Å². The number of fused-ring (bicyclic) bond motifs is 7. The van der Waals surface area contributed by atoms with Gasteiger partial charge in [0.1, 0.15) is 0 Å². The Balaban J connectivity index is 0.00000201. The second kappa shape index (κ2) is 12.5. The van der Waals surface area contributed by atoms with Crippen molar-refractivity contribution in [2.75, 3.05) is 0 Å². The SMILES string of the molecule is Cl.Cl.[CH2]=[Zr]([C]1=CC=CC1)([c]1ccc(C)cc1)([c]1ccc(C)cc1)[C]1(C)C2=C3Cc4ccccc4C3C3CCCCC3C2CC(C)C1(C)C. The van der Waals surface area contributed by atoms with Gasteiger partial charge in [0.15, 0.2) is 0 Å². The Morgan fingerprint density at radius 1 is 0.771 bits per heavy atom. The molecule has 0 aromatic heterocycles. The topological polar surface area (TPSA) is 0 Å². The fourth-order valence-corrected chi connectivity index (χ4v) is 32.9. The van der Waals surface area contributed by atoms with E-state index in [4.69, 9.17) is 4.21 Å². The van der Waals surface area contributed by atoms with E-state index >= 15 is 0 Å². The molecule has 8 rings (SSSR count). The molecule has 48 heavy (non-hydrogen) atoms. The molecule has 0 aliphatic heterocycles. The van der Waals surface area contributed by atoms with Crippen LogP contribution in [0.25, 0.3) is 0 Å². The van der Waals surface area contributed by atoms with Gasteiger partial charge in [0.2, 0.25) is 0 Å². The van der Waals surface area contributed by atoms with Gasteiger partial charge in [-0.05, 0) is 0 Å². The van der Waals surface area contributed by atoms with Gasteiger partial charge in [-0.2, -0.15) is 0 Å². The molecular weight excluding hydrogens is 703 g/mol. The molecule has 6 atom stereocenters. The minimum absolute atomic E-state index is 0. The molecule has 5 aliphatic rings. The van der Waals surface area contributed by atoms with Crippen LogP contribution in [-0.2, 0) is 24.7 Å². The van der Waals surface area contributed by atoms with Crippen LogP contribution in [-0.4, -0.2) is 4.21 Å². The van der Waals surface area contributed by atoms with E-state index in [0.29, 0.717) is 17.8 Å². The summed E-state index contributed by atoms with van der Waals surface area (Å²) in [4.78, 5) is 0. The summed E-state index contributed by atoms with van der Waals surface area (Å²) in [5.41, 5.74) is 9.70. The Bertz CT molecular complexity index is 1820. The number of hydrogen-bond acceptors (Lipinski definition) is 0. The number of allylic oxidation sites excluding steroid dienone is 6. The van der Waals surface area contributed by atoms with Crippen molar-refractivity contribution >= 4 is 35.6 Å². The second-order valence-electron chi connectivity index (χ2n) is 17.0. The van der Waals surface area contributed by atoms with Gasteiger partial charge in [0.05, 0.1) is 0 Å². The molecule has 0 heterocycles. The van der Waals surface area contributed by atoms with Crippen LogP contribution in [0.2, 0.25) is 3.12 Å². The number of aryl methyl sites for hydroxylation is 2. The predicted octanol–water partition coefficient (Wildman–Crippen LogP) is 11.4. The van der Waals surface area contributed by atoms with Crippen LogP contribution in [0.4, 0.5) is 0 Å². The molecule has 3 aromatic rings. The number of benzene rings is 3. The third-order valence-electron chi connectivity index (χ3n) is 15.3. The van der Waals surface area contributed by atoms with Gasteiger partial charge in [0.25, 0.3) is 0 Å². The van der Waals surface area contributed by atoms with Gasteiger partial charge in [-0.3, -0.25) is 0 Å². The molecule has 3 aromatic carbocycles. The van der Waals surface area contributed by atoms with Crippen molar-refractivity contribution in [1.82, 2.24) is 0 Å². The van der Waals surface area contributed by atoms with Crippen molar-refractivity contribution in [2.45, 2.75) is 95.5 Å². The molecule has 254 valence electrons. The van der Waals surface area contributed by atoms with Crippen LogP contribution in [0.3, 0.4) is 0 Å². The van der Waals surface area contributed by atoms with E-state index in [9.17, 15) is 0 Å². The molecule has 3 heteroatoms. The first-order valence-corrected chi connectivity index (χ1v) is 25.0. The summed E-state index contributed by atoms with van der Waals surface area (Å²) in [7, 11) is 0. The molecule has 0 nitrogen and oxygen atoms in total. The molecule has 2 fully saturated rings. The number of halogens is 2. The molecule has 6 unspecified atom stereocenters. The quantitative estimate of drug-likeness (QED) is 0.233. The Kier molecular flexibility index (Phi) is 9.35. The van der Waals surface area contributed by atoms with Gasteiger partial charge in [-0.15, -0.1) is 24.8 Å². The van der Waals surface area contributed by atoms with Crippen LogP contribution in [0.5, 0.6) is 0 Å². The first kappa shape index (κ1) is 36.0. The third kappa shape index (κ3) is 4.45. The number of rotatable bonds is 4. The maximum atomic E-state index is 6.03. The molecule has 0 radical (unpaired) electrons. The van der Waals surface area contributed by atoms with Crippen molar-refractivity contribution in [1.29, 1.82) is 0 Å². The molecule has 5 aliphatic carbocycles. The summed E-state index contributed by atoms with van der Waals surface area (Å²) >= 11 is -4.88. The minimum atomic E-state index is -4.88. The van der Waals surface area contributed by atoms with Crippen LogP contribution in [0.15, 0.2) is 105 Å². The zero-order valence-electron chi connectivity index (χ0n) is 30.0. The van der Waals surface area contributed by atoms with Gasteiger partial charge in [-0.1, -0.05) is 0 Å². The van der Waals surface area contributed by atoms with Crippen molar-refractivity contribution in [3.63, 3.8) is 0 Å². The normalized spacial score (nSPS) is 30.2. The van der Waals surface area contributed by atoms with Crippen LogP contribution in [0.1, 0.15) is 94.4 Å². The average molecular weight is 759 g/mol. The molecule has 0 amide bonds. The zero-order chi connectivity index (χ0) is 32.1. The van der Waals surface area contributed by atoms with Gasteiger partial charge in [-0.25, -0.2) is 0 Å². The van der Waals surface area contributed by atoms with E-state index < -0.39 is 18.3 Å². The summed E-state index contributed by atoms with van der Waals surface area (Å²) < 4.78 is 10.7. The zero-order valence-corrected chi connectivity index (χ0v) is 34.1. The fourth-order valence-electron chi connectivity index (χ4n) is 12.5. The maximum absolute atomic E-state index is 6.03. The third-order valence-corrected chi connectivity index (χ3v) is 35.3. The Morgan fingerprint density at radius 2 is 1.35 bits per heavy atom. The van der Waals surface area contributed by atoms with E-state index in [1.165, 1.54) is 43.2 Å². The standard InChI is InChI=1S/C25H33.2C7H7.C5H5.CH2.2ClH.Zr/c1-15-13-21-19-11-7-8-12-20(19)24-18-10-6-5-9-17(18)14-22(24)23(21)16(2)25(15,3)4;2*1-7-5-3-2-4-6-7;1-2-4-5-3-1;;;;/h5-6,9-10,15,19-21,24H,7-8,11-14H2,1-4H3;2*3-6H,1H3;1-3H,4H2;1H2;2*1H;. The fraction of sp³-hybridized carbons (Fsp3) is 0.444. The molecule has 0 bridgehead atoms. The van der Waals surface area contributed by atoms with E-state index in [-0.39, 0.29) is 33.4 Å².